The number of carbonyl (C=O) groups is 1. The minimum atomic E-state index is -3.91. The highest BCUT2D eigenvalue weighted by atomic mass is 79.9. The number of likely N-dealkylation sites (N-methyl/N-ethyl adjacent to an activating group) is 1. The molecular formula is C10H16BrN5O4S. The number of amides is 1. The van der Waals surface area contributed by atoms with E-state index in [2.05, 4.69) is 31.6 Å². The van der Waals surface area contributed by atoms with Gasteiger partial charge in [0.1, 0.15) is 6.04 Å². The van der Waals surface area contributed by atoms with Crippen molar-refractivity contribution in [1.82, 2.24) is 24.6 Å². The SMILES string of the molecule is CCNC(=O)C1COCCN1S(=O)(=O)c1c(Br)nnn1C. The first-order valence-corrected chi connectivity index (χ1v) is 8.55. The van der Waals surface area contributed by atoms with Gasteiger partial charge in [-0.25, -0.2) is 13.1 Å². The van der Waals surface area contributed by atoms with Gasteiger partial charge in [0.25, 0.3) is 10.0 Å². The summed E-state index contributed by atoms with van der Waals surface area (Å²) in [6.07, 6.45) is 0. The van der Waals surface area contributed by atoms with Gasteiger partial charge >= 0.3 is 0 Å². The second-order valence-corrected chi connectivity index (χ2v) is 6.97. The van der Waals surface area contributed by atoms with Crippen molar-refractivity contribution in [2.45, 2.75) is 18.0 Å². The van der Waals surface area contributed by atoms with Crippen LogP contribution in [0.2, 0.25) is 0 Å². The van der Waals surface area contributed by atoms with Crippen LogP contribution in [0.25, 0.3) is 0 Å². The predicted octanol–water partition coefficient (Wildman–Crippen LogP) is -0.897. The zero-order chi connectivity index (χ0) is 15.6. The minimum absolute atomic E-state index is 0.0218. The van der Waals surface area contributed by atoms with Crippen molar-refractivity contribution in [3.63, 3.8) is 0 Å². The van der Waals surface area contributed by atoms with Crippen molar-refractivity contribution in [1.29, 1.82) is 0 Å². The summed E-state index contributed by atoms with van der Waals surface area (Å²) in [5.41, 5.74) is 0. The first kappa shape index (κ1) is 16.3. The van der Waals surface area contributed by atoms with Crippen LogP contribution < -0.4 is 5.32 Å². The molecule has 11 heteroatoms. The van der Waals surface area contributed by atoms with Gasteiger partial charge in [0.05, 0.1) is 13.2 Å². The van der Waals surface area contributed by atoms with Crippen molar-refractivity contribution >= 4 is 31.9 Å². The molecule has 0 spiro atoms. The summed E-state index contributed by atoms with van der Waals surface area (Å²) in [7, 11) is -2.43. The van der Waals surface area contributed by atoms with Gasteiger partial charge in [-0.1, -0.05) is 5.21 Å². The van der Waals surface area contributed by atoms with Crippen LogP contribution in [0.3, 0.4) is 0 Å². The van der Waals surface area contributed by atoms with Crippen molar-refractivity contribution in [3.8, 4) is 0 Å². The van der Waals surface area contributed by atoms with E-state index in [-0.39, 0.29) is 35.3 Å². The highest BCUT2D eigenvalue weighted by Crippen LogP contribution is 2.25. The number of nitrogens with one attached hydrogen (secondary N) is 1. The predicted molar refractivity (Wildman–Crippen MR) is 75.9 cm³/mol. The number of nitrogens with zero attached hydrogens (tertiary/aromatic N) is 4. The molecule has 0 aliphatic carbocycles. The van der Waals surface area contributed by atoms with Crippen LogP contribution in [-0.2, 0) is 26.6 Å². The van der Waals surface area contributed by atoms with Gasteiger partial charge in [-0.2, -0.15) is 4.31 Å². The van der Waals surface area contributed by atoms with E-state index in [0.717, 1.165) is 8.99 Å². The van der Waals surface area contributed by atoms with Gasteiger partial charge in [-0.05, 0) is 22.9 Å². The third-order valence-corrected chi connectivity index (χ3v) is 5.82. The molecule has 0 bridgehead atoms. The fourth-order valence-electron chi connectivity index (χ4n) is 2.08. The average Bonchev–Trinajstić information content (AvgIpc) is 2.79. The lowest BCUT2D eigenvalue weighted by molar-refractivity contribution is -0.129. The molecule has 0 aromatic carbocycles. The van der Waals surface area contributed by atoms with E-state index in [9.17, 15) is 13.2 Å². The fraction of sp³-hybridized carbons (Fsp3) is 0.700. The number of aryl methyl sites for hydroxylation is 1. The number of halogens is 1. The second kappa shape index (κ2) is 6.38. The molecule has 9 nitrogen and oxygen atoms in total. The Hall–Kier alpha value is -1.04. The highest BCUT2D eigenvalue weighted by Gasteiger charge is 2.40. The summed E-state index contributed by atoms with van der Waals surface area (Å²) in [5.74, 6) is -0.382. The molecule has 1 saturated heterocycles. The Morgan fingerprint density at radius 2 is 2.29 bits per heavy atom. The molecule has 1 aromatic rings. The van der Waals surface area contributed by atoms with E-state index in [1.165, 1.54) is 7.05 Å². The number of ether oxygens (including phenoxy) is 1. The third kappa shape index (κ3) is 3.10. The number of hydrogen-bond acceptors (Lipinski definition) is 6. The zero-order valence-corrected chi connectivity index (χ0v) is 14.0. The maximum absolute atomic E-state index is 12.8. The fourth-order valence-corrected chi connectivity index (χ4v) is 4.68. The lowest BCUT2D eigenvalue weighted by Gasteiger charge is -2.33. The molecule has 1 atom stereocenters. The minimum Gasteiger partial charge on any atom is -0.378 e. The Kier molecular flexibility index (Phi) is 4.96. The molecule has 1 aromatic heterocycles. The van der Waals surface area contributed by atoms with Crippen LogP contribution in [0.1, 0.15) is 6.92 Å². The Labute approximate surface area is 130 Å². The molecule has 118 valence electrons. The van der Waals surface area contributed by atoms with Crippen molar-refractivity contribution in [2.75, 3.05) is 26.3 Å². The Balaban J connectivity index is 2.39. The van der Waals surface area contributed by atoms with Crippen LogP contribution in [0.4, 0.5) is 0 Å². The van der Waals surface area contributed by atoms with E-state index in [0.29, 0.717) is 6.54 Å². The summed E-state index contributed by atoms with van der Waals surface area (Å²) in [6, 6.07) is -0.898. The van der Waals surface area contributed by atoms with E-state index in [1.807, 2.05) is 0 Å². The van der Waals surface area contributed by atoms with Crippen molar-refractivity contribution in [2.24, 2.45) is 7.05 Å². The number of rotatable bonds is 4. The van der Waals surface area contributed by atoms with Gasteiger partial charge in [0.2, 0.25) is 10.9 Å². The average molecular weight is 382 g/mol. The second-order valence-electron chi connectivity index (χ2n) is 4.41. The molecule has 1 N–H and O–H groups in total. The van der Waals surface area contributed by atoms with Crippen molar-refractivity contribution in [3.05, 3.63) is 4.60 Å². The maximum atomic E-state index is 12.8. The zero-order valence-electron chi connectivity index (χ0n) is 11.6. The van der Waals surface area contributed by atoms with Crippen LogP contribution in [0.5, 0.6) is 0 Å². The summed E-state index contributed by atoms with van der Waals surface area (Å²) < 4.78 is 33.2. The summed E-state index contributed by atoms with van der Waals surface area (Å²) >= 11 is 3.08. The molecule has 0 radical (unpaired) electrons. The Bertz CT molecular complexity index is 612. The van der Waals surface area contributed by atoms with Gasteiger partial charge in [0, 0.05) is 20.1 Å². The Morgan fingerprint density at radius 3 is 2.86 bits per heavy atom. The number of carbonyl (C=O) groups excluding carboxylic acids is 1. The van der Waals surface area contributed by atoms with Crippen LogP contribution >= 0.6 is 15.9 Å². The van der Waals surface area contributed by atoms with Gasteiger partial charge < -0.3 is 10.1 Å². The molecule has 21 heavy (non-hydrogen) atoms. The van der Waals surface area contributed by atoms with Crippen LogP contribution in [0, 0.1) is 0 Å². The maximum Gasteiger partial charge on any atom is 0.263 e. The molecule has 0 saturated carbocycles. The monoisotopic (exact) mass is 381 g/mol. The number of sulfonamides is 1. The van der Waals surface area contributed by atoms with E-state index in [4.69, 9.17) is 4.74 Å². The number of morpholine rings is 1. The van der Waals surface area contributed by atoms with E-state index in [1.54, 1.807) is 6.92 Å². The van der Waals surface area contributed by atoms with Crippen LogP contribution in [0.15, 0.2) is 9.63 Å². The normalized spacial score (nSPS) is 20.4. The van der Waals surface area contributed by atoms with Gasteiger partial charge in [0.15, 0.2) is 4.60 Å². The first-order valence-electron chi connectivity index (χ1n) is 6.32. The van der Waals surface area contributed by atoms with Gasteiger partial charge in [-0.15, -0.1) is 5.10 Å². The standard InChI is InChI=1S/C10H16BrN5O4S/c1-3-12-9(17)7-6-20-5-4-16(7)21(18,19)10-8(11)13-14-15(10)2/h7H,3-6H2,1-2H3,(H,12,17). The highest BCUT2D eigenvalue weighted by molar-refractivity contribution is 9.10. The van der Waals surface area contributed by atoms with Crippen LogP contribution in [-0.4, -0.2) is 66.0 Å². The quantitative estimate of drug-likeness (QED) is 0.724. The third-order valence-electron chi connectivity index (χ3n) is 3.02. The molecule has 2 rings (SSSR count). The smallest absolute Gasteiger partial charge is 0.263 e. The molecule has 1 amide bonds. The largest absolute Gasteiger partial charge is 0.378 e. The topological polar surface area (TPSA) is 106 Å². The molecular weight excluding hydrogens is 366 g/mol. The summed E-state index contributed by atoms with van der Waals surface area (Å²) in [5, 5.41) is 9.87. The molecule has 1 aliphatic heterocycles. The first-order chi connectivity index (χ1) is 9.89. The Morgan fingerprint density at radius 1 is 1.57 bits per heavy atom. The number of aromatic nitrogens is 3. The molecule has 1 fully saturated rings. The van der Waals surface area contributed by atoms with E-state index < -0.39 is 16.1 Å². The molecule has 1 unspecified atom stereocenters. The molecule has 2 heterocycles. The summed E-state index contributed by atoms with van der Waals surface area (Å²) in [6.45, 7) is 2.54. The van der Waals surface area contributed by atoms with Crippen molar-refractivity contribution < 1.29 is 17.9 Å². The lowest BCUT2D eigenvalue weighted by Crippen LogP contribution is -2.55. The summed E-state index contributed by atoms with van der Waals surface area (Å²) in [4.78, 5) is 12.0. The molecule has 1 aliphatic rings. The van der Waals surface area contributed by atoms with E-state index >= 15 is 0 Å². The number of hydrogen-bond donors (Lipinski definition) is 1. The lowest BCUT2D eigenvalue weighted by atomic mass is 10.2. The van der Waals surface area contributed by atoms with Gasteiger partial charge in [-0.3, -0.25) is 4.79 Å².